The van der Waals surface area contributed by atoms with Gasteiger partial charge in [-0.3, -0.25) is 9.29 Å². The molecule has 0 radical (unpaired) electrons. The fraction of sp³-hybridized carbons (Fsp3) is 0.500. The Hall–Kier alpha value is -2.23. The van der Waals surface area contributed by atoms with Crippen molar-refractivity contribution in [2.24, 2.45) is 11.8 Å². The van der Waals surface area contributed by atoms with E-state index in [1.54, 1.807) is 7.11 Å². The van der Waals surface area contributed by atoms with Gasteiger partial charge in [-0.1, -0.05) is 36.6 Å². The van der Waals surface area contributed by atoms with Crippen LogP contribution in [0.25, 0.3) is 5.70 Å². The highest BCUT2D eigenvalue weighted by Gasteiger charge is 2.29. The van der Waals surface area contributed by atoms with Crippen LogP contribution in [0.5, 0.6) is 0 Å². The third-order valence-electron chi connectivity index (χ3n) is 6.25. The molecule has 0 bridgehead atoms. The number of rotatable bonds is 6. The van der Waals surface area contributed by atoms with Crippen LogP contribution in [-0.4, -0.2) is 41.3 Å². The molecule has 5 nitrogen and oxygen atoms in total. The van der Waals surface area contributed by atoms with E-state index in [2.05, 4.69) is 45.8 Å². The lowest BCUT2D eigenvalue weighted by Gasteiger charge is -2.34. The number of ether oxygens (including phenoxy) is 1. The molecular weight excluding hydrogens is 392 g/mol. The van der Waals surface area contributed by atoms with E-state index in [4.69, 9.17) is 4.74 Å². The highest BCUT2D eigenvalue weighted by atomic mass is 32.2. The second-order valence-electron chi connectivity index (χ2n) is 8.09. The van der Waals surface area contributed by atoms with Crippen molar-refractivity contribution in [3.05, 3.63) is 59.1 Å². The fourth-order valence-corrected chi connectivity index (χ4v) is 5.46. The minimum absolute atomic E-state index is 0.195. The average Bonchev–Trinajstić information content (AvgIpc) is 2.80. The van der Waals surface area contributed by atoms with Gasteiger partial charge >= 0.3 is 0 Å². The predicted molar refractivity (Wildman–Crippen MR) is 122 cm³/mol. The molecule has 0 spiro atoms. The topological polar surface area (TPSA) is 61.2 Å². The van der Waals surface area contributed by atoms with Gasteiger partial charge < -0.3 is 10.1 Å². The summed E-state index contributed by atoms with van der Waals surface area (Å²) in [5.74, 6) is 2.01. The summed E-state index contributed by atoms with van der Waals surface area (Å²) in [6.45, 7) is 4.48. The second-order valence-corrected chi connectivity index (χ2v) is 9.44. The smallest absolute Gasteiger partial charge is 0.113 e. The Balaban J connectivity index is 1.54. The van der Waals surface area contributed by atoms with Crippen molar-refractivity contribution >= 4 is 17.6 Å². The maximum atomic E-state index is 9.55. The first kappa shape index (κ1) is 21.0. The number of pyridine rings is 1. The maximum absolute atomic E-state index is 9.55. The van der Waals surface area contributed by atoms with Crippen LogP contribution >= 0.6 is 11.9 Å². The second kappa shape index (κ2) is 9.72. The molecule has 30 heavy (non-hydrogen) atoms. The summed E-state index contributed by atoms with van der Waals surface area (Å²) in [6.07, 6.45) is 14.4. The van der Waals surface area contributed by atoms with Gasteiger partial charge in [0.1, 0.15) is 11.7 Å². The van der Waals surface area contributed by atoms with Gasteiger partial charge in [0.05, 0.1) is 13.2 Å². The zero-order chi connectivity index (χ0) is 20.9. The van der Waals surface area contributed by atoms with Gasteiger partial charge in [0.25, 0.3) is 0 Å². The first-order valence-electron chi connectivity index (χ1n) is 10.9. The van der Waals surface area contributed by atoms with Gasteiger partial charge in [0, 0.05) is 54.5 Å². The number of fused-ring (bicyclic) bond motifs is 1. The van der Waals surface area contributed by atoms with Crippen LogP contribution < -0.4 is 5.32 Å². The molecule has 4 rings (SSSR count). The molecule has 3 aliphatic rings. The van der Waals surface area contributed by atoms with Gasteiger partial charge in [0.2, 0.25) is 0 Å². The van der Waals surface area contributed by atoms with Gasteiger partial charge in [-0.25, -0.2) is 0 Å². The molecule has 2 aliphatic carbocycles. The molecular formula is C24H30N4OS. The van der Waals surface area contributed by atoms with Crippen LogP contribution in [0.1, 0.15) is 37.3 Å². The number of nitrogens with one attached hydrogen (secondary N) is 1. The molecule has 1 fully saturated rings. The van der Waals surface area contributed by atoms with Gasteiger partial charge in [-0.2, -0.15) is 5.26 Å². The number of piperidine rings is 1. The predicted octanol–water partition coefficient (Wildman–Crippen LogP) is 4.32. The zero-order valence-corrected chi connectivity index (χ0v) is 18.6. The summed E-state index contributed by atoms with van der Waals surface area (Å²) in [4.78, 5) is 4.39. The summed E-state index contributed by atoms with van der Waals surface area (Å²) in [5.41, 5.74) is 5.06. The third kappa shape index (κ3) is 4.58. The van der Waals surface area contributed by atoms with E-state index in [1.165, 1.54) is 22.4 Å². The molecule has 2 unspecified atom stereocenters. The summed E-state index contributed by atoms with van der Waals surface area (Å²) in [6, 6.07) is 5.03. The Morgan fingerprint density at radius 1 is 1.30 bits per heavy atom. The molecule has 2 atom stereocenters. The molecule has 6 heteroatoms. The lowest BCUT2D eigenvalue weighted by Crippen LogP contribution is -2.40. The standard InChI is InChI=1S/C24H30N4OS/c1-3-30-28-10-7-21(8-11-28)27-23-14-19(13-18-6-9-26-16-22(18)23)17-4-5-24(29-2)20(12-17)15-25/h4-6,9,14,16,19-21,27H,3,7-8,10-13H2,1-2H3. The van der Waals surface area contributed by atoms with E-state index in [9.17, 15) is 5.26 Å². The van der Waals surface area contributed by atoms with E-state index in [-0.39, 0.29) is 5.92 Å². The van der Waals surface area contributed by atoms with E-state index in [1.807, 2.05) is 30.4 Å². The molecule has 0 saturated carbocycles. The first-order valence-corrected chi connectivity index (χ1v) is 11.8. The summed E-state index contributed by atoms with van der Waals surface area (Å²) in [7, 11) is 1.64. The van der Waals surface area contributed by atoms with Crippen molar-refractivity contribution in [1.29, 1.82) is 5.26 Å². The van der Waals surface area contributed by atoms with Crippen molar-refractivity contribution in [3.63, 3.8) is 0 Å². The molecule has 1 aromatic rings. The van der Waals surface area contributed by atoms with Crippen LogP contribution in [0.3, 0.4) is 0 Å². The molecule has 1 aliphatic heterocycles. The number of hydrogen-bond acceptors (Lipinski definition) is 6. The fourth-order valence-electron chi connectivity index (χ4n) is 4.63. The van der Waals surface area contributed by atoms with Crippen LogP contribution in [0.2, 0.25) is 0 Å². The molecule has 1 aromatic heterocycles. The number of nitrogens with zero attached hydrogens (tertiary/aromatic N) is 3. The van der Waals surface area contributed by atoms with Crippen LogP contribution in [0.4, 0.5) is 0 Å². The highest BCUT2D eigenvalue weighted by molar-refractivity contribution is 7.96. The summed E-state index contributed by atoms with van der Waals surface area (Å²) < 4.78 is 7.87. The van der Waals surface area contributed by atoms with E-state index in [0.29, 0.717) is 12.0 Å². The van der Waals surface area contributed by atoms with Gasteiger partial charge in [-0.05, 0) is 43.4 Å². The number of hydrogen-bond donors (Lipinski definition) is 1. The van der Waals surface area contributed by atoms with Crippen LogP contribution in [-0.2, 0) is 11.2 Å². The van der Waals surface area contributed by atoms with E-state index in [0.717, 1.165) is 50.3 Å². The quantitative estimate of drug-likeness (QED) is 0.689. The van der Waals surface area contributed by atoms with Crippen LogP contribution in [0.15, 0.2) is 48.0 Å². The van der Waals surface area contributed by atoms with Crippen molar-refractivity contribution in [2.45, 2.75) is 38.6 Å². The molecule has 0 aromatic carbocycles. The minimum Gasteiger partial charge on any atom is -0.500 e. The Morgan fingerprint density at radius 2 is 2.13 bits per heavy atom. The monoisotopic (exact) mass is 422 g/mol. The number of aromatic nitrogens is 1. The van der Waals surface area contributed by atoms with E-state index >= 15 is 0 Å². The normalized spacial score (nSPS) is 24.8. The Labute approximate surface area is 184 Å². The molecule has 0 amide bonds. The lowest BCUT2D eigenvalue weighted by atomic mass is 9.79. The zero-order valence-electron chi connectivity index (χ0n) is 17.8. The summed E-state index contributed by atoms with van der Waals surface area (Å²) >= 11 is 1.94. The van der Waals surface area contributed by atoms with Crippen LogP contribution in [0, 0.1) is 23.2 Å². The third-order valence-corrected chi connectivity index (χ3v) is 7.24. The Bertz CT molecular complexity index is 893. The van der Waals surface area contributed by atoms with Crippen molar-refractivity contribution < 1.29 is 4.74 Å². The van der Waals surface area contributed by atoms with Crippen molar-refractivity contribution in [2.75, 3.05) is 26.0 Å². The van der Waals surface area contributed by atoms with Gasteiger partial charge in [0.15, 0.2) is 0 Å². The number of nitriles is 1. The number of methoxy groups -OCH3 is 1. The Morgan fingerprint density at radius 3 is 2.87 bits per heavy atom. The maximum Gasteiger partial charge on any atom is 0.113 e. The molecule has 158 valence electrons. The van der Waals surface area contributed by atoms with E-state index < -0.39 is 0 Å². The largest absolute Gasteiger partial charge is 0.500 e. The Kier molecular flexibility index (Phi) is 6.81. The highest BCUT2D eigenvalue weighted by Crippen LogP contribution is 2.37. The lowest BCUT2D eigenvalue weighted by molar-refractivity contribution is 0.255. The molecule has 2 heterocycles. The minimum atomic E-state index is -0.195. The molecule has 1 N–H and O–H groups in total. The van der Waals surface area contributed by atoms with Crippen molar-refractivity contribution in [3.8, 4) is 6.07 Å². The molecule has 1 saturated heterocycles. The first-order chi connectivity index (χ1) is 14.7. The SMILES string of the molecule is CCSN1CCC(NC2=CC(C3=CC=C(OC)C(C#N)C3)Cc3ccncc32)CC1. The van der Waals surface area contributed by atoms with Gasteiger partial charge in [-0.15, -0.1) is 0 Å². The van der Waals surface area contributed by atoms with Crippen molar-refractivity contribution in [1.82, 2.24) is 14.6 Å². The number of allylic oxidation sites excluding steroid dienone is 5. The summed E-state index contributed by atoms with van der Waals surface area (Å²) in [5, 5.41) is 13.4. The average molecular weight is 423 g/mol.